The van der Waals surface area contributed by atoms with E-state index in [9.17, 15) is 18.6 Å². The summed E-state index contributed by atoms with van der Waals surface area (Å²) in [5, 5.41) is 11.5. The van der Waals surface area contributed by atoms with Crippen LogP contribution in [0.25, 0.3) is 11.1 Å². The molecule has 2 atom stereocenters. The van der Waals surface area contributed by atoms with Crippen LogP contribution in [0.2, 0.25) is 0 Å². The first-order valence-electron chi connectivity index (χ1n) is 10.7. The number of nitrogens with zero attached hydrogens (tertiary/aromatic N) is 1. The molecule has 2 aromatic rings. The van der Waals surface area contributed by atoms with Gasteiger partial charge in [-0.25, -0.2) is 4.79 Å². The number of likely N-dealkylation sites (N-methyl/N-ethyl adjacent to an activating group) is 1. The molecular weight excluding hydrogens is 444 g/mol. The average molecular weight is 473 g/mol. The summed E-state index contributed by atoms with van der Waals surface area (Å²) >= 11 is 0. The van der Waals surface area contributed by atoms with Crippen LogP contribution in [0.1, 0.15) is 29.9 Å². The Morgan fingerprint density at radius 1 is 1.09 bits per heavy atom. The predicted molar refractivity (Wildman–Crippen MR) is 125 cm³/mol. The number of alkyl carbamates (subject to hydrolysis) is 1. The Morgan fingerprint density at radius 2 is 1.67 bits per heavy atom. The Hall–Kier alpha value is -3.20. The zero-order valence-corrected chi connectivity index (χ0v) is 19.5. The highest BCUT2D eigenvalue weighted by molar-refractivity contribution is 7.84. The lowest BCUT2D eigenvalue weighted by atomic mass is 9.98. The van der Waals surface area contributed by atoms with Crippen LogP contribution in [0.4, 0.5) is 4.79 Å². The van der Waals surface area contributed by atoms with Gasteiger partial charge >= 0.3 is 12.1 Å². The highest BCUT2D eigenvalue weighted by atomic mass is 32.2. The van der Waals surface area contributed by atoms with Crippen LogP contribution in [-0.4, -0.2) is 70.4 Å². The molecule has 0 saturated heterocycles. The molecule has 8 nitrogen and oxygen atoms in total. The van der Waals surface area contributed by atoms with Gasteiger partial charge in [0.2, 0.25) is 5.91 Å². The topological polar surface area (TPSA) is 113 Å². The number of carboxylic acid groups (broad SMARTS) is 1. The maximum atomic E-state index is 12.8. The number of fused-ring (bicyclic) bond motifs is 3. The number of ether oxygens (including phenoxy) is 1. The van der Waals surface area contributed by atoms with Crippen molar-refractivity contribution in [3.63, 3.8) is 0 Å². The molecule has 2 aromatic carbocycles. The molecule has 33 heavy (non-hydrogen) atoms. The third-order valence-electron chi connectivity index (χ3n) is 5.67. The summed E-state index contributed by atoms with van der Waals surface area (Å²) in [6.07, 6.45) is 0.397. The molecule has 0 radical (unpaired) electrons. The minimum atomic E-state index is -1.08. The number of carboxylic acids is 1. The summed E-state index contributed by atoms with van der Waals surface area (Å²) < 4.78 is 16.8. The number of benzene rings is 2. The lowest BCUT2D eigenvalue weighted by Crippen LogP contribution is -2.48. The molecule has 0 aromatic heterocycles. The van der Waals surface area contributed by atoms with Crippen LogP contribution in [0, 0.1) is 0 Å². The van der Waals surface area contributed by atoms with E-state index in [4.69, 9.17) is 9.84 Å². The van der Waals surface area contributed by atoms with Crippen molar-refractivity contribution in [3.8, 4) is 11.1 Å². The summed E-state index contributed by atoms with van der Waals surface area (Å²) in [4.78, 5) is 37.7. The maximum Gasteiger partial charge on any atom is 0.407 e. The number of aliphatic carboxylic acids is 1. The number of amides is 2. The van der Waals surface area contributed by atoms with Gasteiger partial charge in [0.25, 0.3) is 0 Å². The number of carbonyl (C=O) groups is 3. The predicted octanol–water partition coefficient (Wildman–Crippen LogP) is 2.60. The molecule has 0 fully saturated rings. The largest absolute Gasteiger partial charge is 0.481 e. The molecule has 2 amide bonds. The van der Waals surface area contributed by atoms with E-state index in [0.717, 1.165) is 22.3 Å². The molecule has 2 N–H and O–H groups in total. The van der Waals surface area contributed by atoms with E-state index in [0.29, 0.717) is 5.75 Å². The zero-order valence-electron chi connectivity index (χ0n) is 18.7. The monoisotopic (exact) mass is 472 g/mol. The van der Waals surface area contributed by atoms with Gasteiger partial charge < -0.3 is 20.1 Å². The molecule has 0 saturated carbocycles. The first-order valence-corrected chi connectivity index (χ1v) is 12.4. The highest BCUT2D eigenvalue weighted by Crippen LogP contribution is 2.44. The molecular formula is C24H28N2O6S. The van der Waals surface area contributed by atoms with Crippen molar-refractivity contribution in [1.82, 2.24) is 10.2 Å². The molecule has 1 aliphatic rings. The highest BCUT2D eigenvalue weighted by Gasteiger charge is 2.30. The van der Waals surface area contributed by atoms with Crippen LogP contribution in [-0.2, 0) is 25.1 Å². The molecule has 0 aliphatic heterocycles. The number of nitrogens with one attached hydrogen (secondary N) is 1. The van der Waals surface area contributed by atoms with Crippen LogP contribution < -0.4 is 5.32 Å². The lowest BCUT2D eigenvalue weighted by Gasteiger charge is -2.24. The summed E-state index contributed by atoms with van der Waals surface area (Å²) in [5.74, 6) is -1.35. The van der Waals surface area contributed by atoms with E-state index in [1.165, 1.54) is 18.2 Å². The van der Waals surface area contributed by atoms with Crippen LogP contribution >= 0.6 is 0 Å². The molecule has 0 bridgehead atoms. The third kappa shape index (κ3) is 6.19. The zero-order chi connectivity index (χ0) is 24.0. The fraction of sp³-hybridized carbons (Fsp3) is 0.375. The first kappa shape index (κ1) is 24.4. The van der Waals surface area contributed by atoms with Crippen molar-refractivity contribution in [2.24, 2.45) is 0 Å². The second-order valence-electron chi connectivity index (χ2n) is 7.99. The van der Waals surface area contributed by atoms with Gasteiger partial charge in [0.15, 0.2) is 0 Å². The second-order valence-corrected chi connectivity index (χ2v) is 9.55. The van der Waals surface area contributed by atoms with E-state index in [1.807, 2.05) is 48.5 Å². The van der Waals surface area contributed by atoms with Gasteiger partial charge in [-0.2, -0.15) is 0 Å². The van der Waals surface area contributed by atoms with Crippen molar-refractivity contribution in [2.45, 2.75) is 24.8 Å². The smallest absolute Gasteiger partial charge is 0.407 e. The summed E-state index contributed by atoms with van der Waals surface area (Å²) in [7, 11) is 0.451. The van der Waals surface area contributed by atoms with Crippen LogP contribution in [0.3, 0.4) is 0 Å². The fourth-order valence-corrected chi connectivity index (χ4v) is 4.48. The minimum Gasteiger partial charge on any atom is -0.481 e. The Bertz CT molecular complexity index is 1010. The van der Waals surface area contributed by atoms with Crippen molar-refractivity contribution >= 4 is 28.8 Å². The van der Waals surface area contributed by atoms with E-state index in [-0.39, 0.29) is 31.9 Å². The first-order chi connectivity index (χ1) is 15.8. The molecule has 1 aliphatic carbocycles. The molecule has 0 heterocycles. The maximum absolute atomic E-state index is 12.8. The number of carbonyl (C=O) groups excluding carboxylic acids is 2. The molecule has 9 heteroatoms. The fourth-order valence-electron chi connectivity index (χ4n) is 3.95. The standard InChI is InChI=1S/C24H28N2O6S/c1-26(13-14-33(2)31)23(29)21(11-12-22(27)28)25-24(30)32-15-20-18-9-5-3-7-16(18)17-8-4-6-10-19(17)20/h3-10,20-21H,11-15H2,1-2H3,(H,25,30)(H,27,28). The second kappa shape index (κ2) is 11.1. The number of rotatable bonds is 10. The molecule has 2 unspecified atom stereocenters. The Balaban J connectivity index is 1.66. The van der Waals surface area contributed by atoms with Gasteiger partial charge in [-0.1, -0.05) is 48.5 Å². The van der Waals surface area contributed by atoms with E-state index in [2.05, 4.69) is 5.32 Å². The lowest BCUT2D eigenvalue weighted by molar-refractivity contribution is -0.137. The summed E-state index contributed by atoms with van der Waals surface area (Å²) in [6, 6.07) is 14.9. The number of hydrogen-bond acceptors (Lipinski definition) is 5. The van der Waals surface area contributed by atoms with E-state index in [1.54, 1.807) is 0 Å². The van der Waals surface area contributed by atoms with Gasteiger partial charge in [-0.15, -0.1) is 0 Å². The van der Waals surface area contributed by atoms with Crippen LogP contribution in [0.5, 0.6) is 0 Å². The SMILES string of the molecule is CN(CCS(C)=O)C(=O)C(CCC(=O)O)NC(=O)OCC1c2ccccc2-c2ccccc21. The minimum absolute atomic E-state index is 0.0715. The summed E-state index contributed by atoms with van der Waals surface area (Å²) in [6.45, 7) is 0.322. The Morgan fingerprint density at radius 3 is 2.21 bits per heavy atom. The summed E-state index contributed by atoms with van der Waals surface area (Å²) in [5.41, 5.74) is 4.34. The Kier molecular flexibility index (Phi) is 8.21. The average Bonchev–Trinajstić information content (AvgIpc) is 3.12. The van der Waals surface area contributed by atoms with Gasteiger partial charge in [0, 0.05) is 48.7 Å². The van der Waals surface area contributed by atoms with Gasteiger partial charge in [0.1, 0.15) is 12.6 Å². The van der Waals surface area contributed by atoms with Crippen molar-refractivity contribution in [2.75, 3.05) is 32.2 Å². The van der Waals surface area contributed by atoms with Crippen molar-refractivity contribution < 1.29 is 28.4 Å². The van der Waals surface area contributed by atoms with Crippen molar-refractivity contribution in [3.05, 3.63) is 59.7 Å². The van der Waals surface area contributed by atoms with Gasteiger partial charge in [0.05, 0.1) is 0 Å². The van der Waals surface area contributed by atoms with Crippen LogP contribution in [0.15, 0.2) is 48.5 Å². The quantitative estimate of drug-likeness (QED) is 0.550. The molecule has 3 rings (SSSR count). The Labute approximate surface area is 195 Å². The van der Waals surface area contributed by atoms with Gasteiger partial charge in [-0.3, -0.25) is 13.8 Å². The van der Waals surface area contributed by atoms with E-state index >= 15 is 0 Å². The van der Waals surface area contributed by atoms with E-state index < -0.39 is 34.8 Å². The number of hydrogen-bond donors (Lipinski definition) is 2. The molecule has 176 valence electrons. The molecule has 0 spiro atoms. The normalized spacial score (nSPS) is 14.0. The third-order valence-corrected chi connectivity index (χ3v) is 6.43. The van der Waals surface area contributed by atoms with Crippen molar-refractivity contribution in [1.29, 1.82) is 0 Å². The van der Waals surface area contributed by atoms with Gasteiger partial charge in [-0.05, 0) is 28.7 Å².